The minimum absolute atomic E-state index is 0. The summed E-state index contributed by atoms with van der Waals surface area (Å²) in [6.45, 7) is 7.58. The van der Waals surface area contributed by atoms with E-state index in [0.717, 1.165) is 10.3 Å². The van der Waals surface area contributed by atoms with E-state index in [0.29, 0.717) is 18.0 Å². The molecule has 0 amide bonds. The van der Waals surface area contributed by atoms with Gasteiger partial charge in [0.25, 0.3) is 0 Å². The predicted octanol–water partition coefficient (Wildman–Crippen LogP) is 3.60. The normalized spacial score (nSPS) is 9.59. The highest BCUT2D eigenvalue weighted by Crippen LogP contribution is 2.14. The van der Waals surface area contributed by atoms with Crippen LogP contribution in [0.25, 0.3) is 0 Å². The third-order valence-corrected chi connectivity index (χ3v) is 3.47. The first-order valence-electron chi connectivity index (χ1n) is 9.10. The Hall–Kier alpha value is -3.44. The first-order chi connectivity index (χ1) is 14.8. The summed E-state index contributed by atoms with van der Waals surface area (Å²) in [5, 5.41) is 16.8. The molecule has 0 spiro atoms. The van der Waals surface area contributed by atoms with Crippen LogP contribution >= 0.6 is 15.9 Å². The fourth-order valence-electron chi connectivity index (χ4n) is 1.69. The number of carbonyl (C=O) groups is 2. The molecule has 1 unspecified atom stereocenters. The van der Waals surface area contributed by atoms with Crippen molar-refractivity contribution in [1.29, 1.82) is 10.5 Å². The molecule has 0 radical (unpaired) electrons. The van der Waals surface area contributed by atoms with Crippen LogP contribution in [-0.2, 0) is 19.1 Å². The van der Waals surface area contributed by atoms with Crippen LogP contribution in [0.4, 0.5) is 0 Å². The van der Waals surface area contributed by atoms with Crippen LogP contribution in [-0.4, -0.2) is 45.1 Å². The summed E-state index contributed by atoms with van der Waals surface area (Å²) >= 11 is 3.22. The van der Waals surface area contributed by atoms with Gasteiger partial charge in [-0.05, 0) is 43.6 Å². The van der Waals surface area contributed by atoms with E-state index < -0.39 is 17.9 Å². The molecule has 2 aromatic heterocycles. The molecule has 0 bridgehead atoms. The number of ether oxygens (including phenoxy) is 2. The van der Waals surface area contributed by atoms with Gasteiger partial charge in [0.1, 0.15) is 18.1 Å². The number of rotatable bonds is 5. The summed E-state index contributed by atoms with van der Waals surface area (Å²) in [5.41, 5.74) is 0.460. The summed E-state index contributed by atoms with van der Waals surface area (Å²) in [4.78, 5) is 37.2. The SMILES string of the molecule is C.CCOC(=O)C(C#N)c1cnc(C)nc1.CCOC(=O)CC#N.Cc1ncc(Br)cn1. The van der Waals surface area contributed by atoms with E-state index in [-0.39, 0.29) is 20.5 Å². The number of aromatic nitrogens is 4. The molecule has 0 aromatic carbocycles. The third-order valence-electron chi connectivity index (χ3n) is 3.06. The molecule has 0 N–H and O–H groups in total. The monoisotopic (exact) mass is 506 g/mol. The summed E-state index contributed by atoms with van der Waals surface area (Å²) in [5.74, 6) is -0.555. The molecule has 0 fully saturated rings. The summed E-state index contributed by atoms with van der Waals surface area (Å²) in [7, 11) is 0. The first-order valence-corrected chi connectivity index (χ1v) is 9.89. The van der Waals surface area contributed by atoms with Gasteiger partial charge in [-0.15, -0.1) is 0 Å². The van der Waals surface area contributed by atoms with E-state index in [2.05, 4.69) is 40.6 Å². The second-order valence-corrected chi connectivity index (χ2v) is 6.38. The van der Waals surface area contributed by atoms with Gasteiger partial charge in [-0.2, -0.15) is 10.5 Å². The highest BCUT2D eigenvalue weighted by molar-refractivity contribution is 9.10. The lowest BCUT2D eigenvalue weighted by Gasteiger charge is -2.07. The van der Waals surface area contributed by atoms with E-state index in [1.807, 2.05) is 13.0 Å². The van der Waals surface area contributed by atoms with Crippen molar-refractivity contribution >= 4 is 27.9 Å². The number of hydrogen-bond donors (Lipinski definition) is 0. The summed E-state index contributed by atoms with van der Waals surface area (Å²) < 4.78 is 10.1. The van der Waals surface area contributed by atoms with Crippen molar-refractivity contribution in [3.8, 4) is 12.1 Å². The highest BCUT2D eigenvalue weighted by atomic mass is 79.9. The van der Waals surface area contributed by atoms with Crippen molar-refractivity contribution < 1.29 is 19.1 Å². The van der Waals surface area contributed by atoms with Crippen LogP contribution in [0.5, 0.6) is 0 Å². The molecule has 11 heteroatoms. The Balaban J connectivity index is 0. The highest BCUT2D eigenvalue weighted by Gasteiger charge is 2.21. The van der Waals surface area contributed by atoms with Gasteiger partial charge < -0.3 is 9.47 Å². The fourth-order valence-corrected chi connectivity index (χ4v) is 1.90. The molecule has 0 aliphatic rings. The molecule has 0 aliphatic heterocycles. The average Bonchev–Trinajstić information content (AvgIpc) is 2.74. The minimum atomic E-state index is -0.939. The van der Waals surface area contributed by atoms with Crippen molar-refractivity contribution in [1.82, 2.24) is 19.9 Å². The Morgan fingerprint density at radius 1 is 0.969 bits per heavy atom. The molecular formula is C21H27BrN6O4. The molecule has 2 aromatic rings. The molecule has 32 heavy (non-hydrogen) atoms. The quantitative estimate of drug-likeness (QED) is 0.549. The number of nitrogens with zero attached hydrogens (tertiary/aromatic N) is 6. The van der Waals surface area contributed by atoms with Gasteiger partial charge in [-0.3, -0.25) is 9.59 Å². The molecule has 0 saturated heterocycles. The Kier molecular flexibility index (Phi) is 17.6. The first kappa shape index (κ1) is 30.8. The van der Waals surface area contributed by atoms with Gasteiger partial charge in [0, 0.05) is 30.4 Å². The topological polar surface area (TPSA) is 152 Å². The molecule has 0 saturated carbocycles. The lowest BCUT2D eigenvalue weighted by molar-refractivity contribution is -0.143. The zero-order valence-corrected chi connectivity index (χ0v) is 19.3. The summed E-state index contributed by atoms with van der Waals surface area (Å²) in [6.07, 6.45) is 6.23. The number of carbonyl (C=O) groups excluding carboxylic acids is 2. The largest absolute Gasteiger partial charge is 0.465 e. The number of nitriles is 2. The maximum atomic E-state index is 11.4. The maximum absolute atomic E-state index is 11.4. The molecule has 172 valence electrons. The van der Waals surface area contributed by atoms with Crippen LogP contribution in [0.15, 0.2) is 29.3 Å². The summed E-state index contributed by atoms with van der Waals surface area (Å²) in [6, 6.07) is 3.55. The standard InChI is InChI=1S/C10H11N3O2.C5H5BrN2.C5H7NO2.CH4/c1-3-15-10(14)9(4-11)8-5-12-7(2)13-6-8;1-4-7-2-5(6)3-8-4;1-2-8-5(7)3-4-6;/h5-6,9H,3H2,1-2H3;2-3H,1H3;2-3H2,1H3;1H4. The lowest BCUT2D eigenvalue weighted by Crippen LogP contribution is -2.15. The van der Waals surface area contributed by atoms with Crippen LogP contribution < -0.4 is 0 Å². The average molecular weight is 507 g/mol. The zero-order valence-electron chi connectivity index (χ0n) is 17.7. The number of aryl methyl sites for hydroxylation is 2. The van der Waals surface area contributed by atoms with E-state index in [4.69, 9.17) is 15.3 Å². The predicted molar refractivity (Wildman–Crippen MR) is 120 cm³/mol. The Bertz CT molecular complexity index is 871. The molecule has 10 nitrogen and oxygen atoms in total. The van der Waals surface area contributed by atoms with Crippen molar-refractivity contribution in [2.75, 3.05) is 13.2 Å². The number of hydrogen-bond acceptors (Lipinski definition) is 10. The zero-order chi connectivity index (χ0) is 23.6. The van der Waals surface area contributed by atoms with Gasteiger partial charge in [0.2, 0.25) is 0 Å². The minimum Gasteiger partial charge on any atom is -0.465 e. The van der Waals surface area contributed by atoms with Gasteiger partial charge in [0.05, 0.1) is 29.8 Å². The molecule has 1 atom stereocenters. The van der Waals surface area contributed by atoms with Gasteiger partial charge in [-0.1, -0.05) is 7.43 Å². The van der Waals surface area contributed by atoms with E-state index in [9.17, 15) is 9.59 Å². The molecule has 2 rings (SSSR count). The molecular weight excluding hydrogens is 480 g/mol. The fraction of sp³-hybridized carbons (Fsp3) is 0.429. The van der Waals surface area contributed by atoms with Crippen LogP contribution in [0.3, 0.4) is 0 Å². The van der Waals surface area contributed by atoms with Crippen LogP contribution in [0, 0.1) is 36.5 Å². The Labute approximate surface area is 196 Å². The van der Waals surface area contributed by atoms with Crippen molar-refractivity contribution in [3.05, 3.63) is 46.5 Å². The maximum Gasteiger partial charge on any atom is 0.328 e. The van der Waals surface area contributed by atoms with Gasteiger partial charge in [0.15, 0.2) is 5.92 Å². The second kappa shape index (κ2) is 18.3. The van der Waals surface area contributed by atoms with Gasteiger partial charge in [-0.25, -0.2) is 19.9 Å². The molecule has 2 heterocycles. The number of halogens is 1. The van der Waals surface area contributed by atoms with E-state index >= 15 is 0 Å². The second-order valence-electron chi connectivity index (χ2n) is 5.47. The smallest absolute Gasteiger partial charge is 0.328 e. The van der Waals surface area contributed by atoms with Crippen molar-refractivity contribution in [2.24, 2.45) is 0 Å². The Morgan fingerprint density at radius 2 is 1.44 bits per heavy atom. The van der Waals surface area contributed by atoms with Gasteiger partial charge >= 0.3 is 11.9 Å². The Morgan fingerprint density at radius 3 is 1.81 bits per heavy atom. The van der Waals surface area contributed by atoms with Crippen LogP contribution in [0.1, 0.15) is 50.8 Å². The third kappa shape index (κ3) is 13.7. The molecule has 0 aliphatic carbocycles. The van der Waals surface area contributed by atoms with Crippen molar-refractivity contribution in [3.63, 3.8) is 0 Å². The van der Waals surface area contributed by atoms with E-state index in [1.165, 1.54) is 12.4 Å². The number of esters is 2. The lowest BCUT2D eigenvalue weighted by atomic mass is 10.1. The van der Waals surface area contributed by atoms with Crippen molar-refractivity contribution in [2.45, 2.75) is 47.5 Å². The van der Waals surface area contributed by atoms with Crippen LogP contribution in [0.2, 0.25) is 0 Å². The van der Waals surface area contributed by atoms with E-state index in [1.54, 1.807) is 39.2 Å².